The summed E-state index contributed by atoms with van der Waals surface area (Å²) in [5.74, 6) is -0.104. The molecule has 3 rings (SSSR count). The molecule has 0 fully saturated rings. The number of hydrogen-bond acceptors (Lipinski definition) is 4. The fourth-order valence-electron chi connectivity index (χ4n) is 3.21. The van der Waals surface area contributed by atoms with Crippen LogP contribution in [0, 0.1) is 12.7 Å². The van der Waals surface area contributed by atoms with E-state index in [0.717, 1.165) is 22.1 Å². The Morgan fingerprint density at radius 3 is 2.50 bits per heavy atom. The average Bonchev–Trinajstić information content (AvgIpc) is 2.59. The predicted molar refractivity (Wildman–Crippen MR) is 99.8 cm³/mol. The summed E-state index contributed by atoms with van der Waals surface area (Å²) in [6, 6.07) is 9.66. The molecule has 0 saturated heterocycles. The first kappa shape index (κ1) is 18.1. The van der Waals surface area contributed by atoms with Crippen LogP contribution in [0.1, 0.15) is 29.2 Å². The number of hydrogen-bond donors (Lipinski definition) is 1. The van der Waals surface area contributed by atoms with Crippen LogP contribution in [-0.2, 0) is 19.5 Å². The molecule has 0 aliphatic carbocycles. The van der Waals surface area contributed by atoms with E-state index in [1.807, 2.05) is 31.9 Å². The highest BCUT2D eigenvalue weighted by atomic mass is 19.1. The van der Waals surface area contributed by atoms with Crippen molar-refractivity contribution in [1.82, 2.24) is 4.90 Å². The molecule has 26 heavy (non-hydrogen) atoms. The number of fused-ring (bicyclic) bond motifs is 1. The fraction of sp³-hybridized carbons (Fsp3) is 0.286. The first-order chi connectivity index (χ1) is 12.4. The zero-order valence-electron chi connectivity index (χ0n) is 15.2. The molecule has 4 nitrogen and oxygen atoms in total. The van der Waals surface area contributed by atoms with Crippen molar-refractivity contribution in [3.05, 3.63) is 74.9 Å². The summed E-state index contributed by atoms with van der Waals surface area (Å²) in [6.07, 6.45) is 0.676. The quantitative estimate of drug-likeness (QED) is 0.699. The van der Waals surface area contributed by atoms with E-state index in [1.165, 1.54) is 18.2 Å². The third-order valence-electron chi connectivity index (χ3n) is 4.56. The number of phenolic OH excluding ortho intramolecular Hbond substituents is 1. The van der Waals surface area contributed by atoms with E-state index >= 15 is 0 Å². The molecule has 0 spiro atoms. The average molecular weight is 355 g/mol. The van der Waals surface area contributed by atoms with Gasteiger partial charge in [0.15, 0.2) is 0 Å². The lowest BCUT2D eigenvalue weighted by molar-refractivity contribution is 0.311. The van der Waals surface area contributed by atoms with Gasteiger partial charge in [0, 0.05) is 24.5 Å². The second-order valence-electron chi connectivity index (χ2n) is 6.64. The molecule has 0 aliphatic heterocycles. The minimum atomic E-state index is -0.430. The first-order valence-electron chi connectivity index (χ1n) is 8.60. The van der Waals surface area contributed by atoms with Crippen LogP contribution >= 0.6 is 0 Å². The normalized spacial score (nSPS) is 11.4. The lowest BCUT2D eigenvalue weighted by Gasteiger charge is -2.20. The minimum Gasteiger partial charge on any atom is -0.507 e. The number of benzene rings is 2. The number of aromatic hydroxyl groups is 1. The largest absolute Gasteiger partial charge is 0.507 e. The van der Waals surface area contributed by atoms with E-state index < -0.39 is 5.63 Å². The zero-order valence-corrected chi connectivity index (χ0v) is 15.2. The van der Waals surface area contributed by atoms with Crippen molar-refractivity contribution in [2.45, 2.75) is 33.4 Å². The maximum absolute atomic E-state index is 13.1. The summed E-state index contributed by atoms with van der Waals surface area (Å²) in [6.45, 7) is 4.82. The Hall–Kier alpha value is -2.66. The number of rotatable bonds is 5. The van der Waals surface area contributed by atoms with Crippen LogP contribution in [0.3, 0.4) is 0 Å². The molecule has 5 heteroatoms. The number of halogens is 1. The van der Waals surface area contributed by atoms with Crippen LogP contribution in [0.25, 0.3) is 11.0 Å². The minimum absolute atomic E-state index is 0.166. The number of phenols is 1. The maximum atomic E-state index is 13.1. The molecule has 1 N–H and O–H groups in total. The van der Waals surface area contributed by atoms with Gasteiger partial charge in [0.25, 0.3) is 0 Å². The molecule has 0 atom stereocenters. The SMILES string of the molecule is CCc1cc2c(C)cc(=O)oc2c(CN(C)Cc2ccc(F)cc2)c1O. The zero-order chi connectivity index (χ0) is 18.8. The molecule has 0 aliphatic rings. The summed E-state index contributed by atoms with van der Waals surface area (Å²) in [5.41, 5.74) is 3.21. The molecule has 0 radical (unpaired) electrons. The van der Waals surface area contributed by atoms with Gasteiger partial charge in [-0.15, -0.1) is 0 Å². The van der Waals surface area contributed by atoms with Gasteiger partial charge in [-0.3, -0.25) is 4.90 Å². The Bertz CT molecular complexity index is 993. The van der Waals surface area contributed by atoms with Crippen molar-refractivity contribution >= 4 is 11.0 Å². The Morgan fingerprint density at radius 2 is 1.85 bits per heavy atom. The van der Waals surface area contributed by atoms with E-state index in [-0.39, 0.29) is 11.6 Å². The van der Waals surface area contributed by atoms with Gasteiger partial charge in [0.2, 0.25) is 0 Å². The van der Waals surface area contributed by atoms with E-state index in [2.05, 4.69) is 0 Å². The third kappa shape index (κ3) is 3.63. The van der Waals surface area contributed by atoms with E-state index in [1.54, 1.807) is 12.1 Å². The highest BCUT2D eigenvalue weighted by molar-refractivity contribution is 5.86. The van der Waals surface area contributed by atoms with Crippen LogP contribution < -0.4 is 5.63 Å². The molecule has 0 amide bonds. The smallest absolute Gasteiger partial charge is 0.336 e. The molecule has 136 valence electrons. The predicted octanol–water partition coefficient (Wildman–Crippen LogP) is 4.14. The molecule has 0 unspecified atom stereocenters. The van der Waals surface area contributed by atoms with Crippen molar-refractivity contribution < 1.29 is 13.9 Å². The van der Waals surface area contributed by atoms with Gasteiger partial charge in [0.05, 0.1) is 5.56 Å². The first-order valence-corrected chi connectivity index (χ1v) is 8.60. The molecular formula is C21H22FNO3. The highest BCUT2D eigenvalue weighted by Gasteiger charge is 2.17. The number of aryl methyl sites for hydroxylation is 2. The van der Waals surface area contributed by atoms with E-state index in [9.17, 15) is 14.3 Å². The summed E-state index contributed by atoms with van der Waals surface area (Å²) < 4.78 is 18.5. The Morgan fingerprint density at radius 1 is 1.15 bits per heavy atom. The van der Waals surface area contributed by atoms with Crippen LogP contribution in [-0.4, -0.2) is 17.1 Å². The van der Waals surface area contributed by atoms with Crippen molar-refractivity contribution in [3.63, 3.8) is 0 Å². The highest BCUT2D eigenvalue weighted by Crippen LogP contribution is 2.33. The van der Waals surface area contributed by atoms with Gasteiger partial charge in [-0.2, -0.15) is 0 Å². The maximum Gasteiger partial charge on any atom is 0.336 e. The van der Waals surface area contributed by atoms with E-state index in [4.69, 9.17) is 4.42 Å². The lowest BCUT2D eigenvalue weighted by atomic mass is 9.99. The second kappa shape index (κ2) is 7.30. The van der Waals surface area contributed by atoms with Gasteiger partial charge in [-0.1, -0.05) is 19.1 Å². The summed E-state index contributed by atoms with van der Waals surface area (Å²) in [5, 5.41) is 11.5. The molecule has 1 aromatic heterocycles. The van der Waals surface area contributed by atoms with Crippen LogP contribution in [0.15, 0.2) is 45.6 Å². The van der Waals surface area contributed by atoms with Crippen molar-refractivity contribution in [1.29, 1.82) is 0 Å². The molecule has 1 heterocycles. The van der Waals surface area contributed by atoms with Crippen LogP contribution in [0.2, 0.25) is 0 Å². The molecular weight excluding hydrogens is 333 g/mol. The third-order valence-corrected chi connectivity index (χ3v) is 4.56. The van der Waals surface area contributed by atoms with Crippen molar-refractivity contribution in [3.8, 4) is 5.75 Å². The van der Waals surface area contributed by atoms with Gasteiger partial charge < -0.3 is 9.52 Å². The monoisotopic (exact) mass is 355 g/mol. The molecule has 0 bridgehead atoms. The van der Waals surface area contributed by atoms with Crippen LogP contribution in [0.5, 0.6) is 5.75 Å². The summed E-state index contributed by atoms with van der Waals surface area (Å²) in [7, 11) is 1.90. The fourth-order valence-corrected chi connectivity index (χ4v) is 3.21. The van der Waals surface area contributed by atoms with Gasteiger partial charge in [-0.05, 0) is 55.3 Å². The van der Waals surface area contributed by atoms with E-state index in [0.29, 0.717) is 30.7 Å². The standard InChI is InChI=1S/C21H22FNO3/c1-4-15-10-17-13(2)9-19(24)26-21(17)18(20(15)25)12-23(3)11-14-5-7-16(22)8-6-14/h5-10,25H,4,11-12H2,1-3H3. The van der Waals surface area contributed by atoms with Crippen molar-refractivity contribution in [2.75, 3.05) is 7.05 Å². The Balaban J connectivity index is 2.01. The topological polar surface area (TPSA) is 53.7 Å². The Kier molecular flexibility index (Phi) is 5.09. The second-order valence-corrected chi connectivity index (χ2v) is 6.64. The lowest BCUT2D eigenvalue weighted by Crippen LogP contribution is -2.18. The molecule has 3 aromatic rings. The number of nitrogens with zero attached hydrogens (tertiary/aromatic N) is 1. The molecule has 0 saturated carbocycles. The Labute approximate surface area is 151 Å². The molecule has 2 aromatic carbocycles. The van der Waals surface area contributed by atoms with Gasteiger partial charge in [-0.25, -0.2) is 9.18 Å². The van der Waals surface area contributed by atoms with Crippen LogP contribution in [0.4, 0.5) is 4.39 Å². The summed E-state index contributed by atoms with van der Waals surface area (Å²) in [4.78, 5) is 13.8. The van der Waals surface area contributed by atoms with Crippen molar-refractivity contribution in [2.24, 2.45) is 0 Å². The van der Waals surface area contributed by atoms with Gasteiger partial charge in [0.1, 0.15) is 17.1 Å². The summed E-state index contributed by atoms with van der Waals surface area (Å²) >= 11 is 0. The van der Waals surface area contributed by atoms with Gasteiger partial charge >= 0.3 is 5.63 Å².